The quantitative estimate of drug-likeness (QED) is 0.424. The molecule has 0 N–H and O–H groups in total. The van der Waals surface area contributed by atoms with Gasteiger partial charge < -0.3 is 4.90 Å². The summed E-state index contributed by atoms with van der Waals surface area (Å²) in [6.07, 6.45) is 0.967. The van der Waals surface area contributed by atoms with Gasteiger partial charge in [-0.25, -0.2) is 0 Å². The molecule has 0 spiro atoms. The first kappa shape index (κ1) is 16.0. The van der Waals surface area contributed by atoms with Gasteiger partial charge in [-0.05, 0) is 30.5 Å². The average Bonchev–Trinajstić information content (AvgIpc) is 2.98. The van der Waals surface area contributed by atoms with Crippen LogP contribution in [0.1, 0.15) is 17.4 Å². The Bertz CT molecular complexity index is 616. The summed E-state index contributed by atoms with van der Waals surface area (Å²) in [6, 6.07) is 9.80. The number of nitrogens with zero attached hydrogens (tertiary/aromatic N) is 2. The second-order valence-corrected chi connectivity index (χ2v) is 6.54. The summed E-state index contributed by atoms with van der Waals surface area (Å²) in [4.78, 5) is 14.1. The molecule has 4 nitrogen and oxygen atoms in total. The third-order valence-electron chi connectivity index (χ3n) is 3.55. The Labute approximate surface area is 136 Å². The van der Waals surface area contributed by atoms with Crippen molar-refractivity contribution in [3.05, 3.63) is 56.3 Å². The summed E-state index contributed by atoms with van der Waals surface area (Å²) in [7, 11) is 2.03. The summed E-state index contributed by atoms with van der Waals surface area (Å²) < 4.78 is 0. The molecule has 0 radical (unpaired) electrons. The summed E-state index contributed by atoms with van der Waals surface area (Å²) >= 11 is 5.08. The van der Waals surface area contributed by atoms with Crippen LogP contribution in [0.25, 0.3) is 0 Å². The van der Waals surface area contributed by atoms with Crippen LogP contribution in [0, 0.1) is 10.1 Å². The van der Waals surface area contributed by atoms with Gasteiger partial charge in [0.2, 0.25) is 0 Å². The summed E-state index contributed by atoms with van der Waals surface area (Å²) in [5.41, 5.74) is 1.86. The minimum atomic E-state index is -0.338. The zero-order valence-corrected chi connectivity index (χ0v) is 14.4. The van der Waals surface area contributed by atoms with Crippen LogP contribution >= 0.6 is 27.3 Å². The van der Waals surface area contributed by atoms with E-state index in [1.165, 1.54) is 4.88 Å². The maximum Gasteiger partial charge on any atom is 0.273 e. The zero-order valence-electron chi connectivity index (χ0n) is 12.0. The number of thiophene rings is 1. The van der Waals surface area contributed by atoms with Crippen LogP contribution < -0.4 is 4.90 Å². The van der Waals surface area contributed by atoms with Gasteiger partial charge in [-0.3, -0.25) is 10.1 Å². The third-order valence-corrected chi connectivity index (χ3v) is 5.05. The summed E-state index contributed by atoms with van der Waals surface area (Å²) in [5, 5.41) is 13.5. The van der Waals surface area contributed by atoms with Crippen molar-refractivity contribution in [2.24, 2.45) is 0 Å². The van der Waals surface area contributed by atoms with Gasteiger partial charge in [0.1, 0.15) is 0 Å². The van der Waals surface area contributed by atoms with Crippen LogP contribution in [0.15, 0.2) is 35.7 Å². The molecule has 0 aliphatic rings. The van der Waals surface area contributed by atoms with Gasteiger partial charge in [-0.15, -0.1) is 11.3 Å². The molecule has 0 aliphatic carbocycles. The molecule has 21 heavy (non-hydrogen) atoms. The maximum atomic E-state index is 11.0. The number of benzene rings is 1. The number of rotatable bonds is 6. The van der Waals surface area contributed by atoms with Crippen molar-refractivity contribution in [3.8, 4) is 0 Å². The first-order valence-corrected chi connectivity index (χ1v) is 8.61. The second-order valence-electron chi connectivity index (χ2n) is 4.95. The Hall–Kier alpha value is -1.40. The van der Waals surface area contributed by atoms with E-state index in [2.05, 4.69) is 45.3 Å². The largest absolute Gasteiger partial charge is 0.372 e. The van der Waals surface area contributed by atoms with Crippen molar-refractivity contribution in [3.63, 3.8) is 0 Å². The molecule has 0 amide bonds. The Morgan fingerprint density at radius 3 is 2.76 bits per heavy atom. The first-order chi connectivity index (χ1) is 10.0. The van der Waals surface area contributed by atoms with Gasteiger partial charge in [0.15, 0.2) is 0 Å². The highest BCUT2D eigenvalue weighted by Gasteiger charge is 2.17. The van der Waals surface area contributed by atoms with Gasteiger partial charge >= 0.3 is 0 Å². The fourth-order valence-corrected chi connectivity index (χ4v) is 3.46. The van der Waals surface area contributed by atoms with Gasteiger partial charge in [0.05, 0.1) is 4.92 Å². The lowest BCUT2D eigenvalue weighted by atomic mass is 10.1. The van der Waals surface area contributed by atoms with E-state index in [1.807, 2.05) is 19.2 Å². The average molecular weight is 369 g/mol. The van der Waals surface area contributed by atoms with Gasteiger partial charge in [0.25, 0.3) is 5.69 Å². The van der Waals surface area contributed by atoms with Crippen molar-refractivity contribution in [1.82, 2.24) is 0 Å². The van der Waals surface area contributed by atoms with Crippen LogP contribution in [0.4, 0.5) is 11.4 Å². The lowest BCUT2D eigenvalue weighted by Crippen LogP contribution is -2.30. The van der Waals surface area contributed by atoms with E-state index < -0.39 is 0 Å². The van der Waals surface area contributed by atoms with Crippen LogP contribution in [0.3, 0.4) is 0 Å². The maximum absolute atomic E-state index is 11.0. The van der Waals surface area contributed by atoms with Crippen molar-refractivity contribution in [2.75, 3.05) is 11.9 Å². The highest BCUT2D eigenvalue weighted by molar-refractivity contribution is 9.08. The number of nitro groups is 1. The highest BCUT2D eigenvalue weighted by Crippen LogP contribution is 2.28. The Morgan fingerprint density at radius 1 is 1.43 bits per heavy atom. The minimum Gasteiger partial charge on any atom is -0.372 e. The van der Waals surface area contributed by atoms with Crippen molar-refractivity contribution < 1.29 is 4.92 Å². The Kier molecular flexibility index (Phi) is 5.36. The normalized spacial score (nSPS) is 12.1. The lowest BCUT2D eigenvalue weighted by molar-refractivity contribution is -0.385. The molecule has 0 saturated heterocycles. The number of hydrogen-bond donors (Lipinski definition) is 0. The molecule has 1 atom stereocenters. The van der Waals surface area contributed by atoms with Crippen LogP contribution in [-0.2, 0) is 11.8 Å². The monoisotopic (exact) mass is 368 g/mol. The van der Waals surface area contributed by atoms with Crippen molar-refractivity contribution in [1.29, 1.82) is 0 Å². The van der Waals surface area contributed by atoms with E-state index in [0.29, 0.717) is 16.9 Å². The smallest absolute Gasteiger partial charge is 0.273 e. The van der Waals surface area contributed by atoms with Gasteiger partial charge in [0, 0.05) is 47.0 Å². The molecule has 0 saturated carbocycles. The molecule has 1 unspecified atom stereocenters. The van der Waals surface area contributed by atoms with Crippen molar-refractivity contribution >= 4 is 38.6 Å². The van der Waals surface area contributed by atoms with E-state index in [9.17, 15) is 10.1 Å². The Balaban J connectivity index is 2.18. The molecule has 2 aromatic rings. The van der Waals surface area contributed by atoms with E-state index in [4.69, 9.17) is 0 Å². The molecule has 0 aliphatic heterocycles. The predicted octanol–water partition coefficient (Wildman–Crippen LogP) is 4.62. The lowest BCUT2D eigenvalue weighted by Gasteiger charge is -2.27. The van der Waals surface area contributed by atoms with E-state index in [1.54, 1.807) is 17.4 Å². The van der Waals surface area contributed by atoms with Crippen LogP contribution in [-0.4, -0.2) is 18.0 Å². The van der Waals surface area contributed by atoms with Crippen LogP contribution in [0.5, 0.6) is 0 Å². The van der Waals surface area contributed by atoms with Gasteiger partial charge in [-0.1, -0.05) is 22.0 Å². The van der Waals surface area contributed by atoms with Gasteiger partial charge in [-0.2, -0.15) is 0 Å². The number of halogens is 1. The molecule has 0 bridgehead atoms. The first-order valence-electron chi connectivity index (χ1n) is 6.61. The minimum absolute atomic E-state index is 0.162. The predicted molar refractivity (Wildman–Crippen MR) is 91.6 cm³/mol. The molecule has 1 heterocycles. The Morgan fingerprint density at radius 2 is 2.19 bits per heavy atom. The van der Waals surface area contributed by atoms with E-state index >= 15 is 0 Å². The molecular weight excluding hydrogens is 352 g/mol. The molecule has 0 fully saturated rings. The van der Waals surface area contributed by atoms with Crippen LogP contribution in [0.2, 0.25) is 0 Å². The molecule has 1 aromatic carbocycles. The summed E-state index contributed by atoms with van der Waals surface area (Å²) in [6.45, 7) is 2.16. The molecule has 112 valence electrons. The fourth-order valence-electron chi connectivity index (χ4n) is 2.19. The highest BCUT2D eigenvalue weighted by atomic mass is 79.9. The van der Waals surface area contributed by atoms with E-state index in [-0.39, 0.29) is 10.6 Å². The molecular formula is C15H17BrN2O2S. The standard InChI is InChI=1S/C15H17BrN2O2S/c1-11(8-14-4-3-7-21-14)17(2)13-5-6-15(18(19)20)12(9-13)10-16/h3-7,9,11H,8,10H2,1-2H3. The number of likely N-dealkylation sites (N-methyl/N-ethyl adjacent to an activating group) is 1. The SMILES string of the molecule is CC(Cc1cccs1)N(C)c1ccc([N+](=O)[O-])c(CBr)c1. The number of anilines is 1. The molecule has 2 rings (SSSR count). The number of alkyl halides is 1. The molecule has 1 aromatic heterocycles. The number of hydrogen-bond acceptors (Lipinski definition) is 4. The van der Waals surface area contributed by atoms with Crippen molar-refractivity contribution in [2.45, 2.75) is 24.7 Å². The van der Waals surface area contributed by atoms with E-state index in [0.717, 1.165) is 12.1 Å². The zero-order chi connectivity index (χ0) is 15.4. The number of nitro benzene ring substituents is 1. The third kappa shape index (κ3) is 3.83. The fraction of sp³-hybridized carbons (Fsp3) is 0.333. The molecule has 6 heteroatoms. The topological polar surface area (TPSA) is 46.4 Å². The second kappa shape index (κ2) is 7.04. The summed E-state index contributed by atoms with van der Waals surface area (Å²) in [5.74, 6) is 0.